The van der Waals surface area contributed by atoms with Crippen LogP contribution in [0.25, 0.3) is 0 Å². The predicted octanol–water partition coefficient (Wildman–Crippen LogP) is 1.64. The molecule has 1 aliphatic rings. The van der Waals surface area contributed by atoms with Crippen LogP contribution >= 0.6 is 0 Å². The van der Waals surface area contributed by atoms with E-state index in [4.69, 9.17) is 9.84 Å². The quantitative estimate of drug-likeness (QED) is 0.782. The zero-order valence-corrected chi connectivity index (χ0v) is 7.37. The van der Waals surface area contributed by atoms with Crippen molar-refractivity contribution in [3.8, 4) is 0 Å². The monoisotopic (exact) mass is 196 g/mol. The molecule has 0 aromatic heterocycles. The summed E-state index contributed by atoms with van der Waals surface area (Å²) in [5, 5.41) is 8.62. The van der Waals surface area contributed by atoms with Crippen LogP contribution in [0.4, 0.5) is 4.39 Å². The third-order valence-corrected chi connectivity index (χ3v) is 2.33. The molecule has 3 nitrogen and oxygen atoms in total. The minimum absolute atomic E-state index is 0.0218. The van der Waals surface area contributed by atoms with E-state index in [1.54, 1.807) is 0 Å². The van der Waals surface area contributed by atoms with Gasteiger partial charge in [0.05, 0.1) is 18.8 Å². The lowest BCUT2D eigenvalue weighted by atomic mass is 9.96. The van der Waals surface area contributed by atoms with E-state index < -0.39 is 11.8 Å². The van der Waals surface area contributed by atoms with Gasteiger partial charge in [0.2, 0.25) is 0 Å². The number of ether oxygens (including phenoxy) is 1. The third kappa shape index (κ3) is 1.48. The van der Waals surface area contributed by atoms with Gasteiger partial charge in [-0.15, -0.1) is 0 Å². The first-order valence-electron chi connectivity index (χ1n) is 4.29. The summed E-state index contributed by atoms with van der Waals surface area (Å²) in [5.41, 5.74) is 0.521. The molecule has 1 aromatic rings. The van der Waals surface area contributed by atoms with Crippen LogP contribution < -0.4 is 0 Å². The fraction of sp³-hybridized carbons (Fsp3) is 0.300. The van der Waals surface area contributed by atoms with E-state index in [0.717, 1.165) is 6.07 Å². The molecule has 0 saturated carbocycles. The Morgan fingerprint density at radius 1 is 1.50 bits per heavy atom. The Labute approximate surface area is 80.1 Å². The first kappa shape index (κ1) is 9.15. The third-order valence-electron chi connectivity index (χ3n) is 2.33. The van der Waals surface area contributed by atoms with Crippen LogP contribution in [-0.2, 0) is 4.74 Å². The molecule has 1 fully saturated rings. The second kappa shape index (κ2) is 3.38. The van der Waals surface area contributed by atoms with Crippen molar-refractivity contribution >= 4 is 5.97 Å². The maximum absolute atomic E-state index is 13.4. The Morgan fingerprint density at radius 3 is 2.64 bits per heavy atom. The average molecular weight is 196 g/mol. The van der Waals surface area contributed by atoms with Crippen molar-refractivity contribution in [2.75, 3.05) is 13.2 Å². The van der Waals surface area contributed by atoms with Crippen molar-refractivity contribution in [3.05, 3.63) is 35.1 Å². The van der Waals surface area contributed by atoms with Gasteiger partial charge in [0.1, 0.15) is 5.82 Å². The van der Waals surface area contributed by atoms with Crippen LogP contribution in [0.15, 0.2) is 18.2 Å². The Hall–Kier alpha value is -1.42. The van der Waals surface area contributed by atoms with Crippen LogP contribution in [0.5, 0.6) is 0 Å². The smallest absolute Gasteiger partial charge is 0.335 e. The van der Waals surface area contributed by atoms with Crippen molar-refractivity contribution in [2.24, 2.45) is 0 Å². The van der Waals surface area contributed by atoms with E-state index in [2.05, 4.69) is 0 Å². The molecule has 0 unspecified atom stereocenters. The summed E-state index contributed by atoms with van der Waals surface area (Å²) in [6, 6.07) is 3.99. The summed E-state index contributed by atoms with van der Waals surface area (Å²) in [6.07, 6.45) is 0. The molecule has 0 amide bonds. The fourth-order valence-electron chi connectivity index (χ4n) is 1.41. The van der Waals surface area contributed by atoms with Gasteiger partial charge in [-0.2, -0.15) is 0 Å². The number of carboxylic acid groups (broad SMARTS) is 1. The molecule has 1 aliphatic heterocycles. The van der Waals surface area contributed by atoms with E-state index in [9.17, 15) is 9.18 Å². The first-order valence-corrected chi connectivity index (χ1v) is 4.29. The molecule has 74 valence electrons. The van der Waals surface area contributed by atoms with Gasteiger partial charge in [0, 0.05) is 5.92 Å². The highest BCUT2D eigenvalue weighted by Crippen LogP contribution is 2.26. The standard InChI is InChI=1S/C10H9FO3/c11-9-3-6(10(12)13)1-2-8(9)7-4-14-5-7/h1-3,7H,4-5H2,(H,12,13). The van der Waals surface area contributed by atoms with Crippen molar-refractivity contribution in [1.82, 2.24) is 0 Å². The highest BCUT2D eigenvalue weighted by Gasteiger charge is 2.23. The predicted molar refractivity (Wildman–Crippen MR) is 46.9 cm³/mol. The van der Waals surface area contributed by atoms with Crippen molar-refractivity contribution in [1.29, 1.82) is 0 Å². The van der Waals surface area contributed by atoms with Crippen molar-refractivity contribution < 1.29 is 19.0 Å². The topological polar surface area (TPSA) is 46.5 Å². The van der Waals surface area contributed by atoms with Gasteiger partial charge in [-0.3, -0.25) is 0 Å². The molecule has 1 heterocycles. The van der Waals surface area contributed by atoms with Gasteiger partial charge in [-0.1, -0.05) is 6.07 Å². The Bertz CT molecular complexity index is 372. The van der Waals surface area contributed by atoms with Crippen LogP contribution in [0.1, 0.15) is 21.8 Å². The highest BCUT2D eigenvalue weighted by molar-refractivity contribution is 5.87. The Morgan fingerprint density at radius 2 is 2.21 bits per heavy atom. The van der Waals surface area contributed by atoms with E-state index >= 15 is 0 Å². The van der Waals surface area contributed by atoms with Gasteiger partial charge < -0.3 is 9.84 Å². The molecule has 4 heteroatoms. The molecule has 0 aliphatic carbocycles. The lowest BCUT2D eigenvalue weighted by Crippen LogP contribution is -2.26. The van der Waals surface area contributed by atoms with E-state index in [-0.39, 0.29) is 11.5 Å². The minimum atomic E-state index is -1.11. The normalized spacial score (nSPS) is 16.4. The van der Waals surface area contributed by atoms with E-state index in [0.29, 0.717) is 18.8 Å². The number of carboxylic acids is 1. The van der Waals surface area contributed by atoms with Crippen LogP contribution in [0.2, 0.25) is 0 Å². The molecule has 2 rings (SSSR count). The zero-order valence-electron chi connectivity index (χ0n) is 7.37. The number of hydrogen-bond donors (Lipinski definition) is 1. The zero-order chi connectivity index (χ0) is 10.1. The number of carbonyl (C=O) groups is 1. The number of benzene rings is 1. The molecule has 1 N–H and O–H groups in total. The number of aromatic carboxylic acids is 1. The number of rotatable bonds is 2. The van der Waals surface area contributed by atoms with Crippen LogP contribution in [0.3, 0.4) is 0 Å². The molecule has 1 saturated heterocycles. The summed E-state index contributed by atoms with van der Waals surface area (Å²) in [4.78, 5) is 10.5. The molecule has 0 spiro atoms. The molecular formula is C10H9FO3. The number of hydrogen-bond acceptors (Lipinski definition) is 2. The maximum atomic E-state index is 13.4. The molecule has 0 atom stereocenters. The van der Waals surface area contributed by atoms with E-state index in [1.165, 1.54) is 12.1 Å². The highest BCUT2D eigenvalue weighted by atomic mass is 19.1. The lowest BCUT2D eigenvalue weighted by Gasteiger charge is -2.26. The maximum Gasteiger partial charge on any atom is 0.335 e. The summed E-state index contributed by atoms with van der Waals surface area (Å²) in [5.74, 6) is -1.49. The van der Waals surface area contributed by atoms with Gasteiger partial charge >= 0.3 is 5.97 Å². The molecular weight excluding hydrogens is 187 g/mol. The SMILES string of the molecule is O=C(O)c1ccc(C2COC2)c(F)c1. The van der Waals surface area contributed by atoms with Gasteiger partial charge in [-0.05, 0) is 17.7 Å². The average Bonchev–Trinajstić information content (AvgIpc) is 2.04. The van der Waals surface area contributed by atoms with Gasteiger partial charge in [0.15, 0.2) is 0 Å². The van der Waals surface area contributed by atoms with Crippen molar-refractivity contribution in [2.45, 2.75) is 5.92 Å². The van der Waals surface area contributed by atoms with Gasteiger partial charge in [0.25, 0.3) is 0 Å². The van der Waals surface area contributed by atoms with Gasteiger partial charge in [-0.25, -0.2) is 9.18 Å². The molecule has 1 aromatic carbocycles. The first-order chi connectivity index (χ1) is 6.68. The summed E-state index contributed by atoms with van der Waals surface area (Å²) >= 11 is 0. The Kier molecular flexibility index (Phi) is 2.21. The minimum Gasteiger partial charge on any atom is -0.478 e. The molecule has 14 heavy (non-hydrogen) atoms. The molecule has 0 radical (unpaired) electrons. The number of halogens is 1. The second-order valence-electron chi connectivity index (χ2n) is 3.28. The van der Waals surface area contributed by atoms with E-state index in [1.807, 2.05) is 0 Å². The fourth-order valence-corrected chi connectivity index (χ4v) is 1.41. The van der Waals surface area contributed by atoms with Crippen LogP contribution in [-0.4, -0.2) is 24.3 Å². The molecule has 0 bridgehead atoms. The summed E-state index contributed by atoms with van der Waals surface area (Å²) in [6.45, 7) is 1.03. The van der Waals surface area contributed by atoms with Crippen molar-refractivity contribution in [3.63, 3.8) is 0 Å². The largest absolute Gasteiger partial charge is 0.478 e. The Balaban J connectivity index is 2.30. The summed E-state index contributed by atoms with van der Waals surface area (Å²) in [7, 11) is 0. The van der Waals surface area contributed by atoms with Crippen LogP contribution in [0, 0.1) is 5.82 Å². The lowest BCUT2D eigenvalue weighted by molar-refractivity contribution is 0.00702. The second-order valence-corrected chi connectivity index (χ2v) is 3.28. The summed E-state index contributed by atoms with van der Waals surface area (Å²) < 4.78 is 18.3.